The van der Waals surface area contributed by atoms with Crippen LogP contribution in [0.1, 0.15) is 17.0 Å². The second kappa shape index (κ2) is 12.7. The lowest BCUT2D eigenvalue weighted by molar-refractivity contribution is -0.193. The molecule has 0 aromatic carbocycles. The highest BCUT2D eigenvalue weighted by atomic mass is 19.4. The molecule has 188 valence electrons. The molecule has 0 unspecified atom stereocenters. The Balaban J connectivity index is 0.000000343. The Hall–Kier alpha value is -3.49. The number of fused-ring (bicyclic) bond motifs is 1. The molecule has 0 saturated heterocycles. The third kappa shape index (κ3) is 9.97. The standard InChI is InChI=1S/C15H18N4O.2C2HF3O2/c1-20-15-13-5-8-19(9-6-14(13)17-11-18-15)10-12-4-2-3-7-16-12;2*3-2(4,5)1(6)7/h2-4,7,11H,5-6,8-10H2,1H3;2*(H,6,7). The normalized spacial score (nSPS) is 13.7. The third-order valence-electron chi connectivity index (χ3n) is 4.13. The van der Waals surface area contributed by atoms with Gasteiger partial charge in [-0.2, -0.15) is 26.3 Å². The number of aliphatic carboxylic acids is 2. The number of aromatic nitrogens is 3. The summed E-state index contributed by atoms with van der Waals surface area (Å²) in [5, 5.41) is 14.2. The summed E-state index contributed by atoms with van der Waals surface area (Å²) in [4.78, 5) is 33.2. The van der Waals surface area contributed by atoms with Crippen molar-refractivity contribution in [1.29, 1.82) is 0 Å². The van der Waals surface area contributed by atoms with Crippen LogP contribution in [-0.4, -0.2) is 74.6 Å². The van der Waals surface area contributed by atoms with Crippen molar-refractivity contribution in [2.24, 2.45) is 0 Å². The molecule has 34 heavy (non-hydrogen) atoms. The van der Waals surface area contributed by atoms with Crippen LogP contribution in [0.2, 0.25) is 0 Å². The van der Waals surface area contributed by atoms with Gasteiger partial charge in [0, 0.05) is 37.8 Å². The van der Waals surface area contributed by atoms with E-state index in [-0.39, 0.29) is 0 Å². The Morgan fingerprint density at radius 2 is 1.53 bits per heavy atom. The highest BCUT2D eigenvalue weighted by Gasteiger charge is 2.38. The Morgan fingerprint density at radius 3 is 2.00 bits per heavy atom. The van der Waals surface area contributed by atoms with Crippen LogP contribution in [-0.2, 0) is 29.0 Å². The van der Waals surface area contributed by atoms with E-state index < -0.39 is 24.3 Å². The summed E-state index contributed by atoms with van der Waals surface area (Å²) in [5.41, 5.74) is 3.37. The molecule has 2 aromatic rings. The van der Waals surface area contributed by atoms with E-state index in [1.165, 1.54) is 0 Å². The maximum Gasteiger partial charge on any atom is 0.490 e. The van der Waals surface area contributed by atoms with Gasteiger partial charge >= 0.3 is 24.3 Å². The summed E-state index contributed by atoms with van der Waals surface area (Å²) in [6.07, 6.45) is -4.88. The molecule has 15 heteroatoms. The van der Waals surface area contributed by atoms with Crippen molar-refractivity contribution >= 4 is 11.9 Å². The first-order valence-corrected chi connectivity index (χ1v) is 9.35. The summed E-state index contributed by atoms with van der Waals surface area (Å²) in [7, 11) is 1.67. The van der Waals surface area contributed by atoms with E-state index in [0.29, 0.717) is 0 Å². The van der Waals surface area contributed by atoms with Crippen LogP contribution in [0.3, 0.4) is 0 Å². The topological polar surface area (TPSA) is 126 Å². The Morgan fingerprint density at radius 1 is 0.971 bits per heavy atom. The maximum atomic E-state index is 10.6. The van der Waals surface area contributed by atoms with Gasteiger partial charge in [-0.05, 0) is 18.6 Å². The number of nitrogens with zero attached hydrogens (tertiary/aromatic N) is 4. The average Bonchev–Trinajstić information content (AvgIpc) is 2.96. The van der Waals surface area contributed by atoms with Crippen molar-refractivity contribution in [1.82, 2.24) is 19.9 Å². The minimum atomic E-state index is -5.08. The lowest BCUT2D eigenvalue weighted by atomic mass is 10.1. The third-order valence-corrected chi connectivity index (χ3v) is 4.13. The number of halogens is 6. The van der Waals surface area contributed by atoms with Gasteiger partial charge in [0.05, 0.1) is 18.5 Å². The predicted octanol–water partition coefficient (Wildman–Crippen LogP) is 2.75. The monoisotopic (exact) mass is 498 g/mol. The van der Waals surface area contributed by atoms with Gasteiger partial charge in [0.25, 0.3) is 0 Å². The van der Waals surface area contributed by atoms with Gasteiger partial charge in [-0.1, -0.05) is 6.07 Å². The fraction of sp³-hybridized carbons (Fsp3) is 0.421. The minimum absolute atomic E-state index is 0.717. The molecule has 1 aliphatic heterocycles. The summed E-state index contributed by atoms with van der Waals surface area (Å²) < 4.78 is 68.8. The van der Waals surface area contributed by atoms with Crippen molar-refractivity contribution in [3.8, 4) is 5.88 Å². The number of hydrogen-bond acceptors (Lipinski definition) is 7. The van der Waals surface area contributed by atoms with Crippen LogP contribution in [0.4, 0.5) is 26.3 Å². The summed E-state index contributed by atoms with van der Waals surface area (Å²) in [6, 6.07) is 6.05. The lowest BCUT2D eigenvalue weighted by Crippen LogP contribution is -2.26. The number of alkyl halides is 6. The van der Waals surface area contributed by atoms with Crippen LogP contribution < -0.4 is 4.74 Å². The van der Waals surface area contributed by atoms with Gasteiger partial charge < -0.3 is 14.9 Å². The highest BCUT2D eigenvalue weighted by Crippen LogP contribution is 2.22. The first-order chi connectivity index (χ1) is 15.8. The number of methoxy groups -OCH3 is 1. The largest absolute Gasteiger partial charge is 0.490 e. The van der Waals surface area contributed by atoms with Crippen molar-refractivity contribution in [3.63, 3.8) is 0 Å². The zero-order chi connectivity index (χ0) is 25.9. The van der Waals surface area contributed by atoms with E-state index in [4.69, 9.17) is 24.5 Å². The zero-order valence-electron chi connectivity index (χ0n) is 17.6. The van der Waals surface area contributed by atoms with E-state index in [2.05, 4.69) is 25.9 Å². The Bertz CT molecular complexity index is 917. The molecule has 3 heterocycles. The lowest BCUT2D eigenvalue weighted by Gasteiger charge is -2.18. The molecule has 0 spiro atoms. The molecule has 0 aliphatic carbocycles. The molecule has 0 atom stereocenters. The van der Waals surface area contributed by atoms with Crippen LogP contribution >= 0.6 is 0 Å². The SMILES string of the molecule is COc1ncnc2c1CCN(Cc1ccccn1)CC2.O=C(O)C(F)(F)F.O=C(O)C(F)(F)F. The Kier molecular flexibility index (Phi) is 10.6. The van der Waals surface area contributed by atoms with Crippen molar-refractivity contribution in [3.05, 3.63) is 47.7 Å². The second-order valence-electron chi connectivity index (χ2n) is 6.51. The van der Waals surface area contributed by atoms with Crippen LogP contribution in [0, 0.1) is 0 Å². The number of ether oxygens (including phenoxy) is 1. The van der Waals surface area contributed by atoms with Gasteiger partial charge in [0.15, 0.2) is 0 Å². The van der Waals surface area contributed by atoms with Crippen LogP contribution in [0.5, 0.6) is 5.88 Å². The van der Waals surface area contributed by atoms with Crippen LogP contribution in [0.15, 0.2) is 30.7 Å². The van der Waals surface area contributed by atoms with Crippen molar-refractivity contribution in [2.45, 2.75) is 31.7 Å². The highest BCUT2D eigenvalue weighted by molar-refractivity contribution is 5.73. The molecule has 0 bridgehead atoms. The quantitative estimate of drug-likeness (QED) is 0.615. The van der Waals surface area contributed by atoms with E-state index in [0.717, 1.165) is 55.3 Å². The zero-order valence-corrected chi connectivity index (χ0v) is 17.6. The first-order valence-electron chi connectivity index (χ1n) is 9.35. The number of carboxylic acid groups (broad SMARTS) is 2. The first kappa shape index (κ1) is 28.5. The van der Waals surface area contributed by atoms with Gasteiger partial charge in [-0.3, -0.25) is 9.88 Å². The minimum Gasteiger partial charge on any atom is -0.481 e. The molecule has 3 rings (SSSR count). The van der Waals surface area contributed by atoms with E-state index in [9.17, 15) is 26.3 Å². The molecule has 9 nitrogen and oxygen atoms in total. The van der Waals surface area contributed by atoms with Crippen LogP contribution in [0.25, 0.3) is 0 Å². The number of pyridine rings is 1. The van der Waals surface area contributed by atoms with E-state index in [1.807, 2.05) is 18.3 Å². The number of carboxylic acids is 2. The summed E-state index contributed by atoms with van der Waals surface area (Å²) in [6.45, 7) is 2.85. The van der Waals surface area contributed by atoms with Crippen molar-refractivity contribution < 1.29 is 50.9 Å². The number of carbonyl (C=O) groups is 2. The predicted molar refractivity (Wildman–Crippen MR) is 103 cm³/mol. The molecule has 2 aromatic heterocycles. The molecule has 0 saturated carbocycles. The molecule has 0 fully saturated rings. The molecule has 2 N–H and O–H groups in total. The van der Waals surface area contributed by atoms with Crippen molar-refractivity contribution in [2.75, 3.05) is 20.2 Å². The molecular weight excluding hydrogens is 478 g/mol. The van der Waals surface area contributed by atoms with Gasteiger partial charge in [0.1, 0.15) is 6.33 Å². The Labute approximate surface area is 189 Å². The van der Waals surface area contributed by atoms with Gasteiger partial charge in [-0.25, -0.2) is 19.6 Å². The second-order valence-corrected chi connectivity index (χ2v) is 6.51. The average molecular weight is 498 g/mol. The fourth-order valence-corrected chi connectivity index (χ4v) is 2.60. The molecule has 1 aliphatic rings. The fourth-order valence-electron chi connectivity index (χ4n) is 2.60. The smallest absolute Gasteiger partial charge is 0.481 e. The number of hydrogen-bond donors (Lipinski definition) is 2. The van der Waals surface area contributed by atoms with Gasteiger partial charge in [0.2, 0.25) is 5.88 Å². The van der Waals surface area contributed by atoms with E-state index >= 15 is 0 Å². The maximum absolute atomic E-state index is 10.6. The molecular formula is C19H20F6N4O5. The summed E-state index contributed by atoms with van der Waals surface area (Å²) >= 11 is 0. The van der Waals surface area contributed by atoms with E-state index in [1.54, 1.807) is 13.4 Å². The number of rotatable bonds is 3. The molecule has 0 amide bonds. The van der Waals surface area contributed by atoms with Gasteiger partial charge in [-0.15, -0.1) is 0 Å². The summed E-state index contributed by atoms with van der Waals surface area (Å²) in [5.74, 6) is -4.80. The molecule has 0 radical (unpaired) electrons.